The van der Waals surface area contributed by atoms with Gasteiger partial charge in [-0.2, -0.15) is 0 Å². The highest BCUT2D eigenvalue weighted by atomic mass is 16.5. The summed E-state index contributed by atoms with van der Waals surface area (Å²) in [6, 6.07) is 9.32. The lowest BCUT2D eigenvalue weighted by Gasteiger charge is -2.18. The first kappa shape index (κ1) is 12.7. The van der Waals surface area contributed by atoms with Crippen molar-refractivity contribution in [3.8, 4) is 5.75 Å². The molecule has 1 N–H and O–H groups in total. The quantitative estimate of drug-likeness (QED) is 0.876. The molecule has 3 saturated carbocycles. The first-order valence-corrected chi connectivity index (χ1v) is 8.30. The van der Waals surface area contributed by atoms with Crippen LogP contribution in [0.25, 0.3) is 0 Å². The Morgan fingerprint density at radius 3 is 2.50 bits per heavy atom. The van der Waals surface area contributed by atoms with Gasteiger partial charge in [0.05, 0.1) is 6.10 Å². The number of fused-ring (bicyclic) bond motifs is 1. The van der Waals surface area contributed by atoms with Crippen LogP contribution in [0.2, 0.25) is 0 Å². The Bertz CT molecular complexity index is 470. The van der Waals surface area contributed by atoms with Crippen LogP contribution in [0.5, 0.6) is 5.75 Å². The van der Waals surface area contributed by atoms with Gasteiger partial charge >= 0.3 is 0 Å². The summed E-state index contributed by atoms with van der Waals surface area (Å²) < 4.78 is 5.95. The van der Waals surface area contributed by atoms with Crippen molar-refractivity contribution in [1.29, 1.82) is 0 Å². The Morgan fingerprint density at radius 1 is 1.10 bits per heavy atom. The molecule has 20 heavy (non-hydrogen) atoms. The fourth-order valence-electron chi connectivity index (χ4n) is 4.28. The highest BCUT2D eigenvalue weighted by molar-refractivity contribution is 5.32. The average molecular weight is 271 g/mol. The summed E-state index contributed by atoms with van der Waals surface area (Å²) in [5, 5.41) is 3.58. The van der Waals surface area contributed by atoms with E-state index in [9.17, 15) is 0 Å². The van der Waals surface area contributed by atoms with Gasteiger partial charge in [0.2, 0.25) is 0 Å². The Morgan fingerprint density at radius 2 is 1.85 bits per heavy atom. The normalized spacial score (nSPS) is 33.4. The van der Waals surface area contributed by atoms with Crippen molar-refractivity contribution in [2.75, 3.05) is 7.05 Å². The second-order valence-corrected chi connectivity index (χ2v) is 6.85. The third kappa shape index (κ3) is 2.35. The highest BCUT2D eigenvalue weighted by Crippen LogP contribution is 2.60. The number of ether oxygens (including phenoxy) is 1. The SMILES string of the molecule is CNC(c1cccc(OC2CC2)c1)C1C2CCCCC21. The molecule has 0 radical (unpaired) electrons. The minimum absolute atomic E-state index is 0.488. The molecule has 0 bridgehead atoms. The lowest BCUT2D eigenvalue weighted by atomic mass is 10.00. The maximum Gasteiger partial charge on any atom is 0.120 e. The molecule has 3 fully saturated rings. The zero-order chi connectivity index (χ0) is 13.5. The van der Waals surface area contributed by atoms with Crippen LogP contribution in [0.3, 0.4) is 0 Å². The van der Waals surface area contributed by atoms with E-state index in [1.165, 1.54) is 44.1 Å². The molecular weight excluding hydrogens is 246 g/mol. The molecule has 3 unspecified atom stereocenters. The van der Waals surface area contributed by atoms with Crippen LogP contribution in [0, 0.1) is 17.8 Å². The van der Waals surface area contributed by atoms with E-state index in [4.69, 9.17) is 4.74 Å². The van der Waals surface area contributed by atoms with Crippen LogP contribution in [-0.4, -0.2) is 13.2 Å². The Hall–Kier alpha value is -1.02. The summed E-state index contributed by atoms with van der Waals surface area (Å²) in [7, 11) is 2.11. The van der Waals surface area contributed by atoms with Crippen LogP contribution >= 0.6 is 0 Å². The molecule has 1 aromatic carbocycles. The van der Waals surface area contributed by atoms with Crippen molar-refractivity contribution < 1.29 is 4.74 Å². The van der Waals surface area contributed by atoms with Gasteiger partial charge < -0.3 is 10.1 Å². The predicted octanol–water partition coefficient (Wildman–Crippen LogP) is 3.92. The van der Waals surface area contributed by atoms with Gasteiger partial charge in [-0.1, -0.05) is 25.0 Å². The van der Waals surface area contributed by atoms with Crippen molar-refractivity contribution in [2.45, 2.75) is 50.7 Å². The molecule has 1 aromatic rings. The van der Waals surface area contributed by atoms with E-state index in [1.807, 2.05) is 0 Å². The lowest BCUT2D eigenvalue weighted by Crippen LogP contribution is -2.20. The van der Waals surface area contributed by atoms with Crippen molar-refractivity contribution in [2.24, 2.45) is 17.8 Å². The van der Waals surface area contributed by atoms with Crippen LogP contribution < -0.4 is 10.1 Å². The molecule has 0 saturated heterocycles. The van der Waals surface area contributed by atoms with Crippen molar-refractivity contribution in [3.05, 3.63) is 29.8 Å². The summed E-state index contributed by atoms with van der Waals surface area (Å²) in [5.74, 6) is 3.89. The molecule has 0 spiro atoms. The molecule has 3 aliphatic rings. The van der Waals surface area contributed by atoms with Gasteiger partial charge in [-0.3, -0.25) is 0 Å². The van der Waals surface area contributed by atoms with E-state index in [2.05, 4.69) is 36.6 Å². The molecule has 108 valence electrons. The third-order valence-corrected chi connectivity index (χ3v) is 5.46. The second-order valence-electron chi connectivity index (χ2n) is 6.85. The van der Waals surface area contributed by atoms with Gasteiger partial charge in [0, 0.05) is 6.04 Å². The Labute approximate surface area is 121 Å². The summed E-state index contributed by atoms with van der Waals surface area (Å²) >= 11 is 0. The molecule has 0 heterocycles. The summed E-state index contributed by atoms with van der Waals surface area (Å²) in [5.41, 5.74) is 1.42. The summed E-state index contributed by atoms with van der Waals surface area (Å²) in [6.45, 7) is 0. The van der Waals surface area contributed by atoms with Gasteiger partial charge in [0.1, 0.15) is 5.75 Å². The fraction of sp³-hybridized carbons (Fsp3) is 0.667. The van der Waals surface area contributed by atoms with Crippen LogP contribution in [0.4, 0.5) is 0 Å². The van der Waals surface area contributed by atoms with Crippen LogP contribution in [0.1, 0.15) is 50.1 Å². The number of rotatable bonds is 5. The third-order valence-electron chi connectivity index (χ3n) is 5.46. The van der Waals surface area contributed by atoms with Gasteiger partial charge in [-0.05, 0) is 68.2 Å². The van der Waals surface area contributed by atoms with Crippen molar-refractivity contribution in [3.63, 3.8) is 0 Å². The molecule has 0 aliphatic heterocycles. The zero-order valence-electron chi connectivity index (χ0n) is 12.3. The summed E-state index contributed by atoms with van der Waals surface area (Å²) in [6.07, 6.45) is 8.73. The van der Waals surface area contributed by atoms with Crippen LogP contribution in [-0.2, 0) is 0 Å². The highest BCUT2D eigenvalue weighted by Gasteiger charge is 2.54. The number of nitrogens with one attached hydrogen (secondary N) is 1. The number of benzene rings is 1. The molecule has 3 atom stereocenters. The first-order chi connectivity index (χ1) is 9.86. The maximum atomic E-state index is 5.95. The van der Waals surface area contributed by atoms with Gasteiger partial charge in [0.15, 0.2) is 0 Å². The Balaban J connectivity index is 1.52. The van der Waals surface area contributed by atoms with E-state index in [0.29, 0.717) is 12.1 Å². The molecule has 0 amide bonds. The van der Waals surface area contributed by atoms with E-state index in [1.54, 1.807) is 0 Å². The molecule has 2 heteroatoms. The molecular formula is C18H25NO. The molecule has 4 rings (SSSR count). The van der Waals surface area contributed by atoms with Crippen molar-refractivity contribution in [1.82, 2.24) is 5.32 Å². The Kier molecular flexibility index (Phi) is 3.22. The van der Waals surface area contributed by atoms with Crippen molar-refractivity contribution >= 4 is 0 Å². The van der Waals surface area contributed by atoms with Crippen LogP contribution in [0.15, 0.2) is 24.3 Å². The van der Waals surface area contributed by atoms with E-state index >= 15 is 0 Å². The number of hydrogen-bond donors (Lipinski definition) is 1. The topological polar surface area (TPSA) is 21.3 Å². The standard InChI is InChI=1S/C18H25NO/c1-19-18(17-15-7-2-3-8-16(15)17)12-5-4-6-14(11-12)20-13-9-10-13/h4-6,11,13,15-19H,2-3,7-10H2,1H3. The van der Waals surface area contributed by atoms with Gasteiger partial charge in [-0.15, -0.1) is 0 Å². The fourth-order valence-corrected chi connectivity index (χ4v) is 4.28. The molecule has 3 aliphatic carbocycles. The maximum absolute atomic E-state index is 5.95. The zero-order valence-corrected chi connectivity index (χ0v) is 12.3. The first-order valence-electron chi connectivity index (χ1n) is 8.30. The second kappa shape index (κ2) is 5.07. The minimum Gasteiger partial charge on any atom is -0.490 e. The minimum atomic E-state index is 0.488. The average Bonchev–Trinajstić information content (AvgIpc) is 3.38. The van der Waals surface area contributed by atoms with E-state index < -0.39 is 0 Å². The molecule has 0 aromatic heterocycles. The van der Waals surface area contributed by atoms with E-state index in [-0.39, 0.29) is 0 Å². The monoisotopic (exact) mass is 271 g/mol. The molecule has 2 nitrogen and oxygen atoms in total. The lowest BCUT2D eigenvalue weighted by molar-refractivity contribution is 0.302. The predicted molar refractivity (Wildman–Crippen MR) is 80.8 cm³/mol. The number of hydrogen-bond acceptors (Lipinski definition) is 2. The summed E-state index contributed by atoms with van der Waals surface area (Å²) in [4.78, 5) is 0. The van der Waals surface area contributed by atoms with Gasteiger partial charge in [-0.25, -0.2) is 0 Å². The van der Waals surface area contributed by atoms with E-state index in [0.717, 1.165) is 23.5 Å². The van der Waals surface area contributed by atoms with Gasteiger partial charge in [0.25, 0.3) is 0 Å². The largest absolute Gasteiger partial charge is 0.490 e. The smallest absolute Gasteiger partial charge is 0.120 e.